The van der Waals surface area contributed by atoms with Crippen LogP contribution in [-0.2, 0) is 0 Å². The van der Waals surface area contributed by atoms with Crippen LogP contribution in [-0.4, -0.2) is 4.98 Å². The number of nitrogens with zero attached hydrogens (tertiary/aromatic N) is 2. The smallest absolute Gasteiger partial charge is 0.151 e. The molecule has 0 amide bonds. The first-order valence-corrected chi connectivity index (χ1v) is 8.14. The lowest BCUT2D eigenvalue weighted by Gasteiger charge is -2.13. The molecule has 2 N–H and O–H groups in total. The average Bonchev–Trinajstić information content (AvgIpc) is 2.59. The first kappa shape index (κ1) is 16.5. The lowest BCUT2D eigenvalue weighted by atomic mass is 10.1. The first-order chi connectivity index (χ1) is 12.0. The highest BCUT2D eigenvalue weighted by atomic mass is 15.1. The minimum Gasteiger partial charge on any atom is -0.340 e. The van der Waals surface area contributed by atoms with Crippen LogP contribution in [0.3, 0.4) is 0 Å². The van der Waals surface area contributed by atoms with Crippen LogP contribution in [0.4, 0.5) is 23.0 Å². The second-order valence-electron chi connectivity index (χ2n) is 6.14. The molecule has 0 unspecified atom stereocenters. The predicted molar refractivity (Wildman–Crippen MR) is 103 cm³/mol. The number of hydrogen-bond donors (Lipinski definition) is 2. The molecule has 124 valence electrons. The van der Waals surface area contributed by atoms with E-state index >= 15 is 0 Å². The summed E-state index contributed by atoms with van der Waals surface area (Å²) >= 11 is 0. The summed E-state index contributed by atoms with van der Waals surface area (Å²) in [6.07, 6.45) is 0. The molecule has 4 heteroatoms. The van der Waals surface area contributed by atoms with Gasteiger partial charge in [0.05, 0.1) is 5.56 Å². The summed E-state index contributed by atoms with van der Waals surface area (Å²) in [6.45, 7) is 6.01. The zero-order valence-electron chi connectivity index (χ0n) is 14.6. The molecule has 0 aliphatic carbocycles. The number of aromatic nitrogens is 1. The van der Waals surface area contributed by atoms with E-state index in [0.29, 0.717) is 17.2 Å². The number of rotatable bonds is 4. The van der Waals surface area contributed by atoms with E-state index in [9.17, 15) is 5.26 Å². The molecule has 0 radical (unpaired) electrons. The lowest BCUT2D eigenvalue weighted by Crippen LogP contribution is -2.03. The second kappa shape index (κ2) is 7.06. The molecule has 1 heterocycles. The van der Waals surface area contributed by atoms with Gasteiger partial charge in [0.2, 0.25) is 0 Å². The zero-order valence-corrected chi connectivity index (χ0v) is 14.6. The summed E-state index contributed by atoms with van der Waals surface area (Å²) in [6, 6.07) is 20.3. The van der Waals surface area contributed by atoms with Gasteiger partial charge in [-0.1, -0.05) is 35.4 Å². The summed E-state index contributed by atoms with van der Waals surface area (Å²) in [7, 11) is 0. The molecule has 0 bridgehead atoms. The van der Waals surface area contributed by atoms with E-state index in [1.807, 2.05) is 68.4 Å². The molecule has 1 aromatic heterocycles. The number of nitriles is 1. The van der Waals surface area contributed by atoms with Crippen LogP contribution in [0.5, 0.6) is 0 Å². The van der Waals surface area contributed by atoms with Crippen molar-refractivity contribution in [2.45, 2.75) is 20.8 Å². The summed E-state index contributed by atoms with van der Waals surface area (Å²) < 4.78 is 0. The molecule has 0 aliphatic heterocycles. The maximum absolute atomic E-state index is 9.48. The van der Waals surface area contributed by atoms with Gasteiger partial charge in [0.15, 0.2) is 5.82 Å². The minimum atomic E-state index is 0.551. The SMILES string of the molecule is Cc1ccc(Nc2cc(C)c(C#N)c(Nc3ccc(C)cc3)n2)cc1. The van der Waals surface area contributed by atoms with Gasteiger partial charge in [0.1, 0.15) is 11.9 Å². The van der Waals surface area contributed by atoms with Gasteiger partial charge in [0.25, 0.3) is 0 Å². The second-order valence-corrected chi connectivity index (χ2v) is 6.14. The van der Waals surface area contributed by atoms with Crippen LogP contribution in [0.1, 0.15) is 22.3 Å². The Kier molecular flexibility index (Phi) is 4.67. The Hall–Kier alpha value is -3.32. The van der Waals surface area contributed by atoms with E-state index in [1.165, 1.54) is 11.1 Å². The van der Waals surface area contributed by atoms with Crippen LogP contribution >= 0.6 is 0 Å². The third-order valence-corrected chi connectivity index (χ3v) is 3.97. The van der Waals surface area contributed by atoms with Crippen molar-refractivity contribution in [3.8, 4) is 6.07 Å². The number of pyridine rings is 1. The molecule has 0 spiro atoms. The molecule has 0 fully saturated rings. The molecule has 3 aromatic rings. The van der Waals surface area contributed by atoms with E-state index in [4.69, 9.17) is 0 Å². The fourth-order valence-electron chi connectivity index (χ4n) is 2.53. The summed E-state index contributed by atoms with van der Waals surface area (Å²) in [4.78, 5) is 4.60. The Morgan fingerprint density at radius 3 is 1.84 bits per heavy atom. The third-order valence-electron chi connectivity index (χ3n) is 3.97. The van der Waals surface area contributed by atoms with Crippen molar-refractivity contribution in [1.82, 2.24) is 4.98 Å². The Bertz CT molecular complexity index is 920. The van der Waals surface area contributed by atoms with Gasteiger partial charge in [-0.3, -0.25) is 0 Å². The average molecular weight is 328 g/mol. The van der Waals surface area contributed by atoms with E-state index < -0.39 is 0 Å². The van der Waals surface area contributed by atoms with Gasteiger partial charge in [-0.2, -0.15) is 5.26 Å². The molecule has 2 aromatic carbocycles. The van der Waals surface area contributed by atoms with E-state index in [1.54, 1.807) is 0 Å². The highest BCUT2D eigenvalue weighted by molar-refractivity contribution is 5.69. The molecule has 25 heavy (non-hydrogen) atoms. The molecular weight excluding hydrogens is 308 g/mol. The summed E-state index contributed by atoms with van der Waals surface area (Å²) in [5.41, 5.74) is 5.68. The van der Waals surface area contributed by atoms with Crippen molar-refractivity contribution in [1.29, 1.82) is 5.26 Å². The fourth-order valence-corrected chi connectivity index (χ4v) is 2.53. The monoisotopic (exact) mass is 328 g/mol. The topological polar surface area (TPSA) is 60.7 Å². The van der Waals surface area contributed by atoms with Gasteiger partial charge in [0, 0.05) is 11.4 Å². The molecule has 0 atom stereocenters. The highest BCUT2D eigenvalue weighted by Gasteiger charge is 2.10. The number of nitrogens with one attached hydrogen (secondary N) is 2. The van der Waals surface area contributed by atoms with Crippen LogP contribution in [0.25, 0.3) is 0 Å². The first-order valence-electron chi connectivity index (χ1n) is 8.14. The predicted octanol–water partition coefficient (Wildman–Crippen LogP) is 5.37. The van der Waals surface area contributed by atoms with Crippen molar-refractivity contribution in [3.05, 3.63) is 76.9 Å². The number of anilines is 4. The summed E-state index contributed by atoms with van der Waals surface area (Å²) in [5, 5.41) is 16.0. The van der Waals surface area contributed by atoms with Crippen LogP contribution in [0.15, 0.2) is 54.6 Å². The molecule has 0 aliphatic rings. The van der Waals surface area contributed by atoms with Crippen LogP contribution in [0.2, 0.25) is 0 Å². The fraction of sp³-hybridized carbons (Fsp3) is 0.143. The highest BCUT2D eigenvalue weighted by Crippen LogP contribution is 2.26. The van der Waals surface area contributed by atoms with Crippen molar-refractivity contribution < 1.29 is 0 Å². The zero-order chi connectivity index (χ0) is 17.8. The minimum absolute atomic E-state index is 0.551. The Balaban J connectivity index is 1.93. The summed E-state index contributed by atoms with van der Waals surface area (Å²) in [5.74, 6) is 1.26. The van der Waals surface area contributed by atoms with E-state index in [-0.39, 0.29) is 0 Å². The van der Waals surface area contributed by atoms with E-state index in [0.717, 1.165) is 16.9 Å². The quantitative estimate of drug-likeness (QED) is 0.676. The van der Waals surface area contributed by atoms with E-state index in [2.05, 4.69) is 28.6 Å². The van der Waals surface area contributed by atoms with Crippen LogP contribution < -0.4 is 10.6 Å². The van der Waals surface area contributed by atoms with Crippen molar-refractivity contribution in [3.63, 3.8) is 0 Å². The standard InChI is InChI=1S/C21H20N4/c1-14-4-8-17(9-5-14)23-20-12-16(3)19(13-22)21(25-20)24-18-10-6-15(2)7-11-18/h4-12H,1-3H3,(H2,23,24,25). The van der Waals surface area contributed by atoms with Crippen molar-refractivity contribution in [2.24, 2.45) is 0 Å². The molecule has 4 nitrogen and oxygen atoms in total. The molecule has 0 saturated carbocycles. The van der Waals surface area contributed by atoms with Gasteiger partial charge in [-0.15, -0.1) is 0 Å². The Labute approximate surface area is 148 Å². The van der Waals surface area contributed by atoms with Gasteiger partial charge in [-0.25, -0.2) is 4.98 Å². The van der Waals surface area contributed by atoms with Gasteiger partial charge in [-0.05, 0) is 56.7 Å². The largest absolute Gasteiger partial charge is 0.340 e. The molecule has 3 rings (SSSR count). The maximum atomic E-state index is 9.48. The maximum Gasteiger partial charge on any atom is 0.151 e. The number of hydrogen-bond acceptors (Lipinski definition) is 4. The lowest BCUT2D eigenvalue weighted by molar-refractivity contribution is 1.24. The Morgan fingerprint density at radius 2 is 1.32 bits per heavy atom. The molecular formula is C21H20N4. The van der Waals surface area contributed by atoms with Gasteiger partial charge < -0.3 is 10.6 Å². The number of aryl methyl sites for hydroxylation is 3. The normalized spacial score (nSPS) is 10.2. The Morgan fingerprint density at radius 1 is 0.800 bits per heavy atom. The third kappa shape index (κ3) is 3.96. The number of benzene rings is 2. The molecule has 0 saturated heterocycles. The van der Waals surface area contributed by atoms with Crippen molar-refractivity contribution in [2.75, 3.05) is 10.6 Å². The van der Waals surface area contributed by atoms with Crippen LogP contribution in [0, 0.1) is 32.1 Å². The van der Waals surface area contributed by atoms with Gasteiger partial charge >= 0.3 is 0 Å². The van der Waals surface area contributed by atoms with Crippen molar-refractivity contribution >= 4 is 23.0 Å².